The number of fused-ring (bicyclic) bond motifs is 5. The molecule has 4 aromatic heterocycles. The lowest BCUT2D eigenvalue weighted by atomic mass is 10.1. The number of thiol groups is 1. The molecule has 0 saturated carbocycles. The van der Waals surface area contributed by atoms with Gasteiger partial charge in [0.2, 0.25) is 0 Å². The minimum atomic E-state index is -5.13. The Bertz CT molecular complexity index is 1840. The normalized spacial score (nSPS) is 38.3. The van der Waals surface area contributed by atoms with E-state index in [4.69, 9.17) is 39.0 Å². The Morgan fingerprint density at radius 1 is 0.795 bits per heavy atom. The number of anilines is 2. The van der Waals surface area contributed by atoms with Crippen LogP contribution in [0.2, 0.25) is 0 Å². The monoisotopic (exact) mass is 678 g/mol. The maximum absolute atomic E-state index is 15.9. The Morgan fingerprint density at radius 3 is 2.00 bits per heavy atom. The number of phosphoric acid groups is 1. The summed E-state index contributed by atoms with van der Waals surface area (Å²) in [5, 5.41) is 0. The van der Waals surface area contributed by atoms with Gasteiger partial charge in [0.05, 0.1) is 25.9 Å². The second-order valence-electron chi connectivity index (χ2n) is 9.85. The fourth-order valence-electron chi connectivity index (χ4n) is 5.16. The van der Waals surface area contributed by atoms with Gasteiger partial charge in [-0.1, -0.05) is 12.2 Å². The molecule has 10 atom stereocenters. The lowest BCUT2D eigenvalue weighted by molar-refractivity contribution is -0.0629. The number of imidazole rings is 2. The smallest absolute Gasteiger partial charge is 0.382 e. The van der Waals surface area contributed by atoms with Gasteiger partial charge in [-0.3, -0.25) is 27.2 Å². The molecule has 7 rings (SSSR count). The van der Waals surface area contributed by atoms with Crippen LogP contribution in [0.1, 0.15) is 12.5 Å². The minimum absolute atomic E-state index is 0.0163. The van der Waals surface area contributed by atoms with Crippen LogP contribution in [0, 0.1) is 0 Å². The third-order valence-corrected chi connectivity index (χ3v) is 9.77. The maximum atomic E-state index is 15.9. The Morgan fingerprint density at radius 2 is 1.36 bits per heavy atom. The molecule has 4 aromatic rings. The highest BCUT2D eigenvalue weighted by Crippen LogP contribution is 2.58. The number of alkyl halides is 2. The van der Waals surface area contributed by atoms with Gasteiger partial charge in [-0.05, 0) is 0 Å². The molecule has 3 aliphatic rings. The first-order valence-corrected chi connectivity index (χ1v) is 16.9. The molecule has 0 radical (unpaired) electrons. The molecule has 7 heterocycles. The number of rotatable bonds is 2. The third kappa shape index (κ3) is 5.14. The molecule has 2 unspecified atom stereocenters. The summed E-state index contributed by atoms with van der Waals surface area (Å²) in [6, 6.07) is 0. The van der Waals surface area contributed by atoms with E-state index < -0.39 is 77.0 Å². The molecule has 0 amide bonds. The zero-order valence-electron chi connectivity index (χ0n) is 21.9. The van der Waals surface area contributed by atoms with E-state index in [0.717, 1.165) is 12.7 Å². The van der Waals surface area contributed by atoms with E-state index in [0.29, 0.717) is 0 Å². The predicted molar refractivity (Wildman–Crippen MR) is 145 cm³/mol. The molecular weight excluding hydrogens is 656 g/mol. The van der Waals surface area contributed by atoms with E-state index >= 15 is 8.78 Å². The van der Waals surface area contributed by atoms with Crippen molar-refractivity contribution < 1.29 is 50.4 Å². The summed E-state index contributed by atoms with van der Waals surface area (Å²) in [7, 11) is -5.13. The van der Waals surface area contributed by atoms with Crippen LogP contribution in [0.25, 0.3) is 22.3 Å². The van der Waals surface area contributed by atoms with Gasteiger partial charge in [0.25, 0.3) is 0 Å². The Kier molecular flexibility index (Phi) is 7.35. The van der Waals surface area contributed by atoms with Gasteiger partial charge in [0, 0.05) is 0 Å². The molecule has 0 aliphatic carbocycles. The molecule has 5 N–H and O–H groups in total. The average Bonchev–Trinajstić information content (AvgIpc) is 3.73. The van der Waals surface area contributed by atoms with Crippen molar-refractivity contribution in [1.82, 2.24) is 39.0 Å². The second kappa shape index (κ2) is 10.9. The first-order valence-electron chi connectivity index (χ1n) is 12.7. The Hall–Kier alpha value is -2.91. The van der Waals surface area contributed by atoms with E-state index in [1.54, 1.807) is 0 Å². The summed E-state index contributed by atoms with van der Waals surface area (Å²) in [6.45, 7) is -6.06. The summed E-state index contributed by atoms with van der Waals surface area (Å²) in [5.41, 5.74) is 12.2. The number of ether oxygens (including phenoxy) is 2. The largest absolute Gasteiger partial charge is 0.472 e. The van der Waals surface area contributed by atoms with Crippen molar-refractivity contribution in [3.8, 4) is 0 Å². The Balaban J connectivity index is 1.20. The van der Waals surface area contributed by atoms with Crippen molar-refractivity contribution >= 4 is 60.8 Å². The SMILES string of the molecule is Nc1ncnc2c1ncn2[C@@H]1O[C@@H]2COP(=O)(O)O[C@@H]3[C@@H](F)[C@@H](COP(=O)(S)O[C@H]2[C@H]1F)O[C@H]3n1cnc2c(N)ncnc21. The molecule has 24 heteroatoms. The standard InChI is InChI=1S/C20H22F2N10O9P2S/c21-9-7-1-37-43(35,44)41-13-8(39-19(10(13)22)31-5-29-11-15(23)25-3-27-17(11)31)2-36-42(33,34)40-14(9)20(38-7)32-6-30-12-16(24)26-4-28-18(12)32/h3-10,13-14,19-20H,1-2H2,(H,33,34)(H,35,44)(H2,23,25,27)(H2,24,26,28)/t7-,8-,9+,10-,13-,14-,19-,20-,43?/m1/s1. The van der Waals surface area contributed by atoms with Gasteiger partial charge < -0.3 is 25.8 Å². The lowest BCUT2D eigenvalue weighted by Gasteiger charge is -2.25. The minimum Gasteiger partial charge on any atom is -0.382 e. The maximum Gasteiger partial charge on any atom is 0.472 e. The van der Waals surface area contributed by atoms with E-state index in [-0.39, 0.29) is 34.0 Å². The van der Waals surface area contributed by atoms with Crippen LogP contribution in [0.3, 0.4) is 0 Å². The van der Waals surface area contributed by atoms with Crippen molar-refractivity contribution in [3.63, 3.8) is 0 Å². The van der Waals surface area contributed by atoms with Crippen molar-refractivity contribution in [2.75, 3.05) is 24.7 Å². The van der Waals surface area contributed by atoms with Gasteiger partial charge >= 0.3 is 14.6 Å². The molecule has 2 bridgehead atoms. The highest BCUT2D eigenvalue weighted by atomic mass is 32.7. The fraction of sp³-hybridized carbons (Fsp3) is 0.500. The highest BCUT2D eigenvalue weighted by Gasteiger charge is 2.54. The van der Waals surface area contributed by atoms with Crippen LogP contribution < -0.4 is 11.5 Å². The van der Waals surface area contributed by atoms with Crippen molar-refractivity contribution in [1.29, 1.82) is 0 Å². The van der Waals surface area contributed by atoms with Gasteiger partial charge in [-0.25, -0.2) is 47.8 Å². The predicted octanol–water partition coefficient (Wildman–Crippen LogP) is 1.26. The van der Waals surface area contributed by atoms with E-state index in [1.165, 1.54) is 21.8 Å². The molecule has 3 saturated heterocycles. The van der Waals surface area contributed by atoms with Crippen LogP contribution in [0.15, 0.2) is 25.3 Å². The summed E-state index contributed by atoms with van der Waals surface area (Å²) in [4.78, 5) is 34.6. The molecule has 0 aromatic carbocycles. The quantitative estimate of drug-likeness (QED) is 0.172. The zero-order valence-corrected chi connectivity index (χ0v) is 24.6. The molecule has 0 spiro atoms. The number of hydrogen-bond donors (Lipinski definition) is 4. The first kappa shape index (κ1) is 29.8. The van der Waals surface area contributed by atoms with Gasteiger partial charge in [-0.2, -0.15) is 0 Å². The van der Waals surface area contributed by atoms with E-state index in [1.807, 2.05) is 0 Å². The fourth-order valence-corrected chi connectivity index (χ4v) is 7.57. The second-order valence-corrected chi connectivity index (χ2v) is 14.1. The number of phosphoric ester groups is 1. The number of nitrogens with zero attached hydrogens (tertiary/aromatic N) is 8. The van der Waals surface area contributed by atoms with Crippen molar-refractivity contribution in [2.45, 2.75) is 49.2 Å². The van der Waals surface area contributed by atoms with Crippen LogP contribution in [0.5, 0.6) is 0 Å². The van der Waals surface area contributed by atoms with Gasteiger partial charge in [-0.15, -0.1) is 0 Å². The average molecular weight is 678 g/mol. The van der Waals surface area contributed by atoms with Gasteiger partial charge in [0.15, 0.2) is 47.7 Å². The third-order valence-electron chi connectivity index (χ3n) is 7.17. The van der Waals surface area contributed by atoms with Crippen molar-refractivity contribution in [3.05, 3.63) is 25.3 Å². The van der Waals surface area contributed by atoms with Crippen LogP contribution in [0.4, 0.5) is 20.4 Å². The lowest BCUT2D eigenvalue weighted by Crippen LogP contribution is -2.34. The van der Waals surface area contributed by atoms with Crippen LogP contribution in [-0.2, 0) is 36.7 Å². The van der Waals surface area contributed by atoms with Crippen molar-refractivity contribution in [2.24, 2.45) is 0 Å². The summed E-state index contributed by atoms with van der Waals surface area (Å²) in [6.07, 6.45) is -9.10. The number of nitrogen functional groups attached to an aromatic ring is 2. The molecule has 3 fully saturated rings. The van der Waals surface area contributed by atoms with Crippen LogP contribution in [-0.4, -0.2) is 93.9 Å². The Labute approximate surface area is 249 Å². The number of aromatic nitrogens is 8. The number of hydrogen-bond acceptors (Lipinski definition) is 16. The topological polar surface area (TPSA) is 249 Å². The first-order chi connectivity index (χ1) is 20.9. The summed E-state index contributed by atoms with van der Waals surface area (Å²) < 4.78 is 93.0. The number of nitrogens with two attached hydrogens (primary N) is 2. The molecule has 3 aliphatic heterocycles. The zero-order chi connectivity index (χ0) is 31.0. The van der Waals surface area contributed by atoms with Crippen LogP contribution >= 0.6 is 26.9 Å². The highest BCUT2D eigenvalue weighted by molar-refractivity contribution is 8.44. The summed E-state index contributed by atoms with van der Waals surface area (Å²) in [5.74, 6) is 0.0411. The van der Waals surface area contributed by atoms with E-state index in [2.05, 4.69) is 42.2 Å². The summed E-state index contributed by atoms with van der Waals surface area (Å²) >= 11 is 3.94. The van der Waals surface area contributed by atoms with E-state index in [9.17, 15) is 14.0 Å². The molecule has 44 heavy (non-hydrogen) atoms. The number of halogens is 2. The molecule has 19 nitrogen and oxygen atoms in total. The molecular formula is C20H22F2N10O9P2S. The van der Waals surface area contributed by atoms with Gasteiger partial charge in [0.1, 0.15) is 48.1 Å². The molecule has 236 valence electrons.